The van der Waals surface area contributed by atoms with Crippen LogP contribution in [-0.4, -0.2) is 16.9 Å². The van der Waals surface area contributed by atoms with E-state index >= 15 is 0 Å². The summed E-state index contributed by atoms with van der Waals surface area (Å²) < 4.78 is 38.9. The Labute approximate surface area is 144 Å². The average Bonchev–Trinajstić information content (AvgIpc) is 2.85. The van der Waals surface area contributed by atoms with E-state index in [1.807, 2.05) is 25.3 Å². The third-order valence-corrected chi connectivity index (χ3v) is 4.36. The fourth-order valence-corrected chi connectivity index (χ4v) is 2.90. The van der Waals surface area contributed by atoms with Crippen LogP contribution in [0.15, 0.2) is 35.3 Å². The summed E-state index contributed by atoms with van der Waals surface area (Å²) in [7, 11) is 0. The molecule has 0 aliphatic rings. The number of rotatable bonds is 8. The van der Waals surface area contributed by atoms with Crippen LogP contribution in [0.25, 0.3) is 6.08 Å². The number of Topliss-reactive ketones (excluding diaryl/α,β-unsaturated/α-hetero) is 1. The summed E-state index contributed by atoms with van der Waals surface area (Å²) >= 11 is 1.51. The van der Waals surface area contributed by atoms with Crippen LogP contribution < -0.4 is 0 Å². The van der Waals surface area contributed by atoms with E-state index in [4.69, 9.17) is 0 Å². The quantitative estimate of drug-likeness (QED) is 0.542. The average molecular weight is 357 g/mol. The first kappa shape index (κ1) is 20.4. The molecule has 0 aromatic carbocycles. The van der Waals surface area contributed by atoms with Gasteiger partial charge in [0, 0.05) is 17.4 Å². The first-order valence-corrected chi connectivity index (χ1v) is 8.48. The third kappa shape index (κ3) is 6.83. The number of nitrogens with zero attached hydrogens (tertiary/aromatic N) is 1. The molecule has 1 rings (SSSR count). The van der Waals surface area contributed by atoms with E-state index in [9.17, 15) is 18.0 Å². The highest BCUT2D eigenvalue weighted by Gasteiger charge is 2.32. The highest BCUT2D eigenvalue weighted by Crippen LogP contribution is 2.31. The number of aromatic nitrogens is 1. The Bertz CT molecular complexity index is 641. The molecular weight excluding hydrogens is 335 g/mol. The second-order valence-electron chi connectivity index (χ2n) is 5.74. The minimum atomic E-state index is -4.38. The molecule has 0 spiro atoms. The van der Waals surface area contributed by atoms with Crippen LogP contribution in [0.1, 0.15) is 43.8 Å². The number of hydrogen-bond donors (Lipinski definition) is 0. The normalized spacial score (nSPS) is 14.6. The van der Waals surface area contributed by atoms with Gasteiger partial charge >= 0.3 is 6.18 Å². The molecule has 1 aromatic heterocycles. The fraction of sp³-hybridized carbons (Fsp3) is 0.444. The van der Waals surface area contributed by atoms with Crippen molar-refractivity contribution in [2.24, 2.45) is 5.92 Å². The molecule has 24 heavy (non-hydrogen) atoms. The molecule has 0 aliphatic carbocycles. The third-order valence-electron chi connectivity index (χ3n) is 3.57. The number of halogens is 3. The summed E-state index contributed by atoms with van der Waals surface area (Å²) in [5, 5.41) is 2.81. The molecule has 132 valence electrons. The lowest BCUT2D eigenvalue weighted by molar-refractivity contribution is -0.117. The number of alkyl halides is 3. The van der Waals surface area contributed by atoms with E-state index in [1.54, 1.807) is 0 Å². The van der Waals surface area contributed by atoms with Gasteiger partial charge in [0.05, 0.1) is 10.7 Å². The molecule has 0 saturated heterocycles. The zero-order valence-corrected chi connectivity index (χ0v) is 14.9. The zero-order valence-electron chi connectivity index (χ0n) is 14.1. The molecule has 0 amide bonds. The Morgan fingerprint density at radius 1 is 1.42 bits per heavy atom. The maximum atomic E-state index is 13.0. The van der Waals surface area contributed by atoms with Crippen molar-refractivity contribution in [2.75, 3.05) is 0 Å². The smallest absolute Gasteiger partial charge is 0.300 e. The van der Waals surface area contributed by atoms with Gasteiger partial charge in [0.2, 0.25) is 0 Å². The van der Waals surface area contributed by atoms with Crippen LogP contribution in [0.5, 0.6) is 0 Å². The largest absolute Gasteiger partial charge is 0.412 e. The first-order valence-electron chi connectivity index (χ1n) is 7.60. The molecule has 2 nitrogen and oxygen atoms in total. The highest BCUT2D eigenvalue weighted by molar-refractivity contribution is 7.09. The van der Waals surface area contributed by atoms with Gasteiger partial charge in [0.1, 0.15) is 5.78 Å². The summed E-state index contributed by atoms with van der Waals surface area (Å²) in [5.74, 6) is -0.320. The zero-order chi connectivity index (χ0) is 18.3. The lowest BCUT2D eigenvalue weighted by Crippen LogP contribution is -2.13. The maximum Gasteiger partial charge on any atom is 0.412 e. The molecule has 6 heteroatoms. The van der Waals surface area contributed by atoms with Crippen LogP contribution in [0, 0.1) is 12.8 Å². The summed E-state index contributed by atoms with van der Waals surface area (Å²) in [6, 6.07) is 0. The van der Waals surface area contributed by atoms with Gasteiger partial charge in [-0.05, 0) is 45.6 Å². The van der Waals surface area contributed by atoms with E-state index in [2.05, 4.69) is 11.6 Å². The van der Waals surface area contributed by atoms with Crippen molar-refractivity contribution in [1.82, 2.24) is 4.98 Å². The SMILES string of the molecule is C=CCC(=CCC(CC(C)=O)C(C)=Cc1csc(C)n1)C(F)(F)F. The molecule has 0 saturated carbocycles. The number of thiazole rings is 1. The predicted molar refractivity (Wildman–Crippen MR) is 92.9 cm³/mol. The molecule has 0 radical (unpaired) electrons. The molecule has 1 atom stereocenters. The van der Waals surface area contributed by atoms with Gasteiger partial charge in [0.25, 0.3) is 0 Å². The fourth-order valence-electron chi connectivity index (χ4n) is 2.33. The number of allylic oxidation sites excluding steroid dienone is 4. The van der Waals surface area contributed by atoms with Gasteiger partial charge in [0.15, 0.2) is 0 Å². The van der Waals surface area contributed by atoms with E-state index < -0.39 is 11.7 Å². The second-order valence-corrected chi connectivity index (χ2v) is 6.80. The molecular formula is C18H22F3NOS. The Balaban J connectivity index is 3.01. The summed E-state index contributed by atoms with van der Waals surface area (Å²) in [5.41, 5.74) is 1.00. The predicted octanol–water partition coefficient (Wildman–Crippen LogP) is 5.91. The maximum absolute atomic E-state index is 13.0. The summed E-state index contributed by atoms with van der Waals surface area (Å²) in [6.07, 6.45) is 0.0164. The standard InChI is InChI=1S/C18H22F3NOS/c1-5-6-16(18(19,20)21)8-7-15(10-13(3)23)12(2)9-17-11-24-14(4)22-17/h5,8-9,11,15H,1,6-7,10H2,2-4H3. The topological polar surface area (TPSA) is 30.0 Å². The second kappa shape index (κ2) is 8.97. The van der Waals surface area contributed by atoms with E-state index in [1.165, 1.54) is 30.4 Å². The Morgan fingerprint density at radius 3 is 2.54 bits per heavy atom. The van der Waals surface area contributed by atoms with Crippen molar-refractivity contribution in [2.45, 2.75) is 46.2 Å². The van der Waals surface area contributed by atoms with Crippen LogP contribution >= 0.6 is 11.3 Å². The van der Waals surface area contributed by atoms with Crippen molar-refractivity contribution in [1.29, 1.82) is 0 Å². The van der Waals surface area contributed by atoms with Crippen LogP contribution in [0.2, 0.25) is 0 Å². The Hall–Kier alpha value is -1.69. The van der Waals surface area contributed by atoms with Crippen LogP contribution in [0.4, 0.5) is 13.2 Å². The van der Waals surface area contributed by atoms with Gasteiger partial charge in [-0.3, -0.25) is 0 Å². The minimum Gasteiger partial charge on any atom is -0.300 e. The first-order chi connectivity index (χ1) is 11.1. The van der Waals surface area contributed by atoms with Crippen LogP contribution in [0.3, 0.4) is 0 Å². The van der Waals surface area contributed by atoms with Crippen LogP contribution in [-0.2, 0) is 4.79 Å². The van der Waals surface area contributed by atoms with Gasteiger partial charge in [-0.25, -0.2) is 4.98 Å². The lowest BCUT2D eigenvalue weighted by atomic mass is 9.90. The molecule has 0 fully saturated rings. The van der Waals surface area contributed by atoms with Gasteiger partial charge in [-0.2, -0.15) is 13.2 Å². The highest BCUT2D eigenvalue weighted by atomic mass is 32.1. The van der Waals surface area contributed by atoms with Gasteiger partial charge < -0.3 is 4.79 Å². The van der Waals surface area contributed by atoms with Gasteiger partial charge in [-0.1, -0.05) is 17.7 Å². The van der Waals surface area contributed by atoms with Crippen molar-refractivity contribution in [3.63, 3.8) is 0 Å². The summed E-state index contributed by atoms with van der Waals surface area (Å²) in [6.45, 7) is 8.54. The van der Waals surface area contributed by atoms with Crippen molar-refractivity contribution < 1.29 is 18.0 Å². The van der Waals surface area contributed by atoms with E-state index in [0.717, 1.165) is 16.3 Å². The number of carbonyl (C=O) groups excluding carboxylic acids is 1. The molecule has 1 heterocycles. The number of carbonyl (C=O) groups is 1. The minimum absolute atomic E-state index is 0.0483. The van der Waals surface area contributed by atoms with Crippen molar-refractivity contribution in [3.8, 4) is 0 Å². The molecule has 0 bridgehead atoms. The van der Waals surface area contributed by atoms with E-state index in [-0.39, 0.29) is 31.0 Å². The monoisotopic (exact) mass is 357 g/mol. The number of hydrogen-bond acceptors (Lipinski definition) is 3. The van der Waals surface area contributed by atoms with Crippen molar-refractivity contribution in [3.05, 3.63) is 46.0 Å². The van der Waals surface area contributed by atoms with Gasteiger partial charge in [-0.15, -0.1) is 17.9 Å². The molecule has 0 aliphatic heterocycles. The molecule has 1 aromatic rings. The molecule has 0 N–H and O–H groups in total. The number of aryl methyl sites for hydroxylation is 1. The van der Waals surface area contributed by atoms with Crippen molar-refractivity contribution >= 4 is 23.2 Å². The van der Waals surface area contributed by atoms with E-state index in [0.29, 0.717) is 0 Å². The summed E-state index contributed by atoms with van der Waals surface area (Å²) in [4.78, 5) is 15.8. The Kier molecular flexibility index (Phi) is 7.60. The number of ketones is 1. The lowest BCUT2D eigenvalue weighted by Gasteiger charge is -2.16. The molecule has 1 unspecified atom stereocenters. The Morgan fingerprint density at radius 2 is 2.08 bits per heavy atom.